The van der Waals surface area contributed by atoms with E-state index in [1.165, 1.54) is 6.08 Å². The topological polar surface area (TPSA) is 57.5 Å². The molecule has 0 saturated heterocycles. The first-order chi connectivity index (χ1) is 5.13. The smallest absolute Gasteiger partial charge is 0.328 e. The van der Waals surface area contributed by atoms with Crippen molar-refractivity contribution in [3.8, 4) is 0 Å². The first-order valence-electron chi connectivity index (χ1n) is 3.37. The second-order valence-corrected chi connectivity index (χ2v) is 2.21. The van der Waals surface area contributed by atoms with Crippen LogP contribution in [0.3, 0.4) is 0 Å². The van der Waals surface area contributed by atoms with Crippen LogP contribution in [0, 0.1) is 0 Å². The monoisotopic (exact) mass is 156 g/mol. The zero-order valence-electron chi connectivity index (χ0n) is 6.40. The van der Waals surface area contributed by atoms with Crippen LogP contribution in [-0.2, 0) is 4.79 Å². The minimum absolute atomic E-state index is 0.371. The highest BCUT2D eigenvalue weighted by Gasteiger charge is 1.87. The van der Waals surface area contributed by atoms with E-state index in [9.17, 15) is 4.79 Å². The molecule has 0 radical (unpaired) electrons. The lowest BCUT2D eigenvalue weighted by molar-refractivity contribution is -0.131. The van der Waals surface area contributed by atoms with Gasteiger partial charge in [0.25, 0.3) is 0 Å². The summed E-state index contributed by atoms with van der Waals surface area (Å²) in [4.78, 5) is 9.93. The van der Waals surface area contributed by atoms with E-state index in [1.807, 2.05) is 0 Å². The molecule has 11 heavy (non-hydrogen) atoms. The van der Waals surface area contributed by atoms with E-state index in [0.29, 0.717) is 6.42 Å². The van der Waals surface area contributed by atoms with E-state index >= 15 is 0 Å². The molecule has 3 nitrogen and oxygen atoms in total. The molecule has 62 valence electrons. The van der Waals surface area contributed by atoms with Crippen molar-refractivity contribution in [1.29, 1.82) is 0 Å². The predicted octanol–water partition coefficient (Wildman–Crippen LogP) is 0.954. The van der Waals surface area contributed by atoms with Gasteiger partial charge in [0.05, 0.1) is 6.10 Å². The van der Waals surface area contributed by atoms with Gasteiger partial charge in [0.2, 0.25) is 0 Å². The Morgan fingerprint density at radius 3 is 2.64 bits per heavy atom. The standard InChI is InChI=1S/C8H12O3/c1-7(9)5-3-2-4-6-8(10)11/h2-4,6-7,9H,5H2,1H3,(H,10,11)/b3-2+,6-4+. The van der Waals surface area contributed by atoms with Gasteiger partial charge in [-0.15, -0.1) is 0 Å². The highest BCUT2D eigenvalue weighted by molar-refractivity contribution is 5.80. The third-order valence-electron chi connectivity index (χ3n) is 0.963. The van der Waals surface area contributed by atoms with E-state index < -0.39 is 5.97 Å². The van der Waals surface area contributed by atoms with Crippen molar-refractivity contribution in [2.24, 2.45) is 0 Å². The molecular formula is C8H12O3. The second-order valence-electron chi connectivity index (χ2n) is 2.21. The van der Waals surface area contributed by atoms with Gasteiger partial charge in [-0.25, -0.2) is 4.79 Å². The first kappa shape index (κ1) is 9.91. The zero-order valence-corrected chi connectivity index (χ0v) is 6.40. The Labute approximate surface area is 65.7 Å². The fourth-order valence-electron chi connectivity index (χ4n) is 0.492. The van der Waals surface area contributed by atoms with E-state index in [4.69, 9.17) is 10.2 Å². The summed E-state index contributed by atoms with van der Waals surface area (Å²) in [6.45, 7) is 1.67. The average Bonchev–Trinajstić information content (AvgIpc) is 1.85. The van der Waals surface area contributed by atoms with E-state index in [1.54, 1.807) is 19.1 Å². The number of hydrogen-bond acceptors (Lipinski definition) is 2. The molecule has 0 aliphatic rings. The van der Waals surface area contributed by atoms with Crippen LogP contribution >= 0.6 is 0 Å². The normalized spacial score (nSPS) is 14.4. The summed E-state index contributed by atoms with van der Waals surface area (Å²) in [5.74, 6) is -0.966. The largest absolute Gasteiger partial charge is 0.478 e. The Kier molecular flexibility index (Phi) is 5.11. The zero-order chi connectivity index (χ0) is 8.69. The summed E-state index contributed by atoms with van der Waals surface area (Å²) >= 11 is 0. The maximum atomic E-state index is 9.93. The summed E-state index contributed by atoms with van der Waals surface area (Å²) in [5, 5.41) is 16.9. The van der Waals surface area contributed by atoms with Gasteiger partial charge in [-0.2, -0.15) is 0 Å². The number of rotatable bonds is 4. The molecule has 0 fully saturated rings. The minimum Gasteiger partial charge on any atom is -0.478 e. The Morgan fingerprint density at radius 1 is 1.55 bits per heavy atom. The van der Waals surface area contributed by atoms with Crippen molar-refractivity contribution in [3.05, 3.63) is 24.3 Å². The van der Waals surface area contributed by atoms with Gasteiger partial charge in [-0.3, -0.25) is 0 Å². The Hall–Kier alpha value is -1.09. The number of carboxylic acids is 1. The molecule has 0 amide bonds. The number of aliphatic hydroxyl groups excluding tert-OH is 1. The second kappa shape index (κ2) is 5.68. The Balaban J connectivity index is 3.52. The molecule has 0 aliphatic heterocycles. The molecule has 2 N–H and O–H groups in total. The molecule has 1 atom stereocenters. The molecule has 0 aliphatic carbocycles. The lowest BCUT2D eigenvalue weighted by Crippen LogP contribution is -1.94. The van der Waals surface area contributed by atoms with E-state index in [-0.39, 0.29) is 6.10 Å². The number of carbonyl (C=O) groups is 1. The average molecular weight is 156 g/mol. The van der Waals surface area contributed by atoms with Gasteiger partial charge in [0, 0.05) is 6.08 Å². The van der Waals surface area contributed by atoms with Crippen LogP contribution in [0.2, 0.25) is 0 Å². The third-order valence-corrected chi connectivity index (χ3v) is 0.963. The van der Waals surface area contributed by atoms with Gasteiger partial charge in [0.1, 0.15) is 0 Å². The number of aliphatic hydroxyl groups is 1. The highest BCUT2D eigenvalue weighted by atomic mass is 16.4. The molecule has 0 heterocycles. The van der Waals surface area contributed by atoms with Crippen molar-refractivity contribution in [1.82, 2.24) is 0 Å². The molecule has 0 aromatic rings. The number of hydrogen-bond donors (Lipinski definition) is 2. The molecular weight excluding hydrogens is 144 g/mol. The lowest BCUT2D eigenvalue weighted by Gasteiger charge is -1.93. The van der Waals surface area contributed by atoms with Crippen LogP contribution in [0.1, 0.15) is 13.3 Å². The summed E-state index contributed by atoms with van der Waals surface area (Å²) in [6.07, 6.45) is 5.95. The van der Waals surface area contributed by atoms with Gasteiger partial charge >= 0.3 is 5.97 Å². The minimum atomic E-state index is -0.966. The van der Waals surface area contributed by atoms with Crippen LogP contribution in [0.15, 0.2) is 24.3 Å². The highest BCUT2D eigenvalue weighted by Crippen LogP contribution is 1.90. The van der Waals surface area contributed by atoms with E-state index in [0.717, 1.165) is 6.08 Å². The Bertz CT molecular complexity index is 168. The molecule has 0 aromatic heterocycles. The van der Waals surface area contributed by atoms with Crippen molar-refractivity contribution < 1.29 is 15.0 Å². The van der Waals surface area contributed by atoms with Crippen molar-refractivity contribution >= 4 is 5.97 Å². The summed E-state index contributed by atoms with van der Waals surface area (Å²) < 4.78 is 0. The third kappa shape index (κ3) is 8.91. The van der Waals surface area contributed by atoms with Crippen molar-refractivity contribution in [2.75, 3.05) is 0 Å². The number of allylic oxidation sites excluding steroid dienone is 2. The molecule has 0 saturated carbocycles. The maximum absolute atomic E-state index is 9.93. The predicted molar refractivity (Wildman–Crippen MR) is 42.2 cm³/mol. The quantitative estimate of drug-likeness (QED) is 0.470. The number of carboxylic acid groups (broad SMARTS) is 1. The summed E-state index contributed by atoms with van der Waals surface area (Å²) in [5.41, 5.74) is 0. The lowest BCUT2D eigenvalue weighted by atomic mass is 10.2. The number of aliphatic carboxylic acids is 1. The van der Waals surface area contributed by atoms with Crippen LogP contribution in [0.25, 0.3) is 0 Å². The molecule has 0 aromatic carbocycles. The fourth-order valence-corrected chi connectivity index (χ4v) is 0.492. The van der Waals surface area contributed by atoms with Crippen LogP contribution in [0.5, 0.6) is 0 Å². The van der Waals surface area contributed by atoms with Gasteiger partial charge in [0.15, 0.2) is 0 Å². The van der Waals surface area contributed by atoms with Gasteiger partial charge < -0.3 is 10.2 Å². The molecule has 0 rings (SSSR count). The van der Waals surface area contributed by atoms with Crippen molar-refractivity contribution in [3.63, 3.8) is 0 Å². The summed E-state index contributed by atoms with van der Waals surface area (Å²) in [7, 11) is 0. The van der Waals surface area contributed by atoms with E-state index in [2.05, 4.69) is 0 Å². The molecule has 3 heteroatoms. The maximum Gasteiger partial charge on any atom is 0.328 e. The van der Waals surface area contributed by atoms with Gasteiger partial charge in [-0.1, -0.05) is 18.2 Å². The van der Waals surface area contributed by atoms with Crippen LogP contribution < -0.4 is 0 Å². The van der Waals surface area contributed by atoms with Crippen LogP contribution in [0.4, 0.5) is 0 Å². The SMILES string of the molecule is CC(O)C/C=C/C=C/C(=O)O. The summed E-state index contributed by atoms with van der Waals surface area (Å²) in [6, 6.07) is 0. The molecule has 0 spiro atoms. The van der Waals surface area contributed by atoms with Crippen molar-refractivity contribution in [2.45, 2.75) is 19.4 Å². The molecule has 1 unspecified atom stereocenters. The fraction of sp³-hybridized carbons (Fsp3) is 0.375. The Morgan fingerprint density at radius 2 is 2.18 bits per heavy atom. The van der Waals surface area contributed by atoms with Gasteiger partial charge in [-0.05, 0) is 13.3 Å². The molecule has 0 bridgehead atoms. The van der Waals surface area contributed by atoms with Crippen LogP contribution in [-0.4, -0.2) is 22.3 Å². The first-order valence-corrected chi connectivity index (χ1v) is 3.37.